The third kappa shape index (κ3) is 2.85. The van der Waals surface area contributed by atoms with Gasteiger partial charge in [-0.2, -0.15) is 0 Å². The molecule has 1 rings (SSSR count). The molecule has 1 aromatic rings. The third-order valence-electron chi connectivity index (χ3n) is 2.20. The second-order valence-corrected chi connectivity index (χ2v) is 4.24. The summed E-state index contributed by atoms with van der Waals surface area (Å²) >= 11 is 0. The zero-order chi connectivity index (χ0) is 9.90. The highest BCUT2D eigenvalue weighted by Gasteiger charge is 2.23. The van der Waals surface area contributed by atoms with Crippen molar-refractivity contribution in [3.8, 4) is 0 Å². The molecule has 0 saturated heterocycles. The highest BCUT2D eigenvalue weighted by molar-refractivity contribution is 5.21. The van der Waals surface area contributed by atoms with Gasteiger partial charge in [0.05, 0.1) is 5.60 Å². The predicted molar refractivity (Wildman–Crippen MR) is 55.5 cm³/mol. The molecule has 1 nitrogen and oxygen atoms in total. The van der Waals surface area contributed by atoms with E-state index in [0.717, 1.165) is 12.0 Å². The second-order valence-electron chi connectivity index (χ2n) is 4.24. The van der Waals surface area contributed by atoms with Crippen LogP contribution in [0.5, 0.6) is 0 Å². The van der Waals surface area contributed by atoms with E-state index in [1.54, 1.807) is 0 Å². The van der Waals surface area contributed by atoms with Gasteiger partial charge in [-0.3, -0.25) is 0 Å². The van der Waals surface area contributed by atoms with E-state index in [9.17, 15) is 5.11 Å². The van der Waals surface area contributed by atoms with E-state index in [1.165, 1.54) is 0 Å². The monoisotopic (exact) mass is 178 g/mol. The van der Waals surface area contributed by atoms with Crippen LogP contribution >= 0.6 is 0 Å². The van der Waals surface area contributed by atoms with E-state index in [-0.39, 0.29) is 0 Å². The van der Waals surface area contributed by atoms with E-state index >= 15 is 0 Å². The predicted octanol–water partition coefficient (Wildman–Crippen LogP) is 2.94. The molecular formula is C12H18O. The molecule has 0 aromatic heterocycles. The number of benzene rings is 1. The number of rotatable bonds is 3. The molecule has 0 aliphatic heterocycles. The summed E-state index contributed by atoms with van der Waals surface area (Å²) < 4.78 is 0. The van der Waals surface area contributed by atoms with Crippen molar-refractivity contribution >= 4 is 0 Å². The maximum absolute atomic E-state index is 10.2. The minimum atomic E-state index is -0.685. The zero-order valence-electron chi connectivity index (χ0n) is 8.62. The number of aliphatic hydroxyl groups is 1. The van der Waals surface area contributed by atoms with Crippen molar-refractivity contribution in [2.24, 2.45) is 5.92 Å². The van der Waals surface area contributed by atoms with Crippen LogP contribution in [0.25, 0.3) is 0 Å². The Hall–Kier alpha value is -0.820. The normalized spacial score (nSPS) is 15.8. The summed E-state index contributed by atoms with van der Waals surface area (Å²) in [5.41, 5.74) is 0.318. The van der Waals surface area contributed by atoms with Gasteiger partial charge in [-0.25, -0.2) is 0 Å². The zero-order valence-corrected chi connectivity index (χ0v) is 8.62. The topological polar surface area (TPSA) is 20.2 Å². The fraction of sp³-hybridized carbons (Fsp3) is 0.500. The van der Waals surface area contributed by atoms with Crippen LogP contribution in [0.4, 0.5) is 0 Å². The molecule has 0 amide bonds. The SMILES string of the molecule is CC(C)CC(C)(O)c1ccccc1. The molecule has 0 spiro atoms. The minimum absolute atomic E-state index is 0.509. The van der Waals surface area contributed by atoms with Crippen LogP contribution in [0.1, 0.15) is 32.8 Å². The first-order chi connectivity index (χ1) is 6.02. The average molecular weight is 178 g/mol. The van der Waals surface area contributed by atoms with Crippen molar-refractivity contribution in [3.05, 3.63) is 35.9 Å². The molecule has 0 aliphatic rings. The van der Waals surface area contributed by atoms with Crippen LogP contribution in [0, 0.1) is 5.92 Å². The van der Waals surface area contributed by atoms with Crippen LogP contribution in [-0.2, 0) is 5.60 Å². The first-order valence-electron chi connectivity index (χ1n) is 4.80. The summed E-state index contributed by atoms with van der Waals surface area (Å²) in [6.07, 6.45) is 0.803. The van der Waals surface area contributed by atoms with E-state index in [2.05, 4.69) is 13.8 Å². The van der Waals surface area contributed by atoms with Crippen LogP contribution < -0.4 is 0 Å². The van der Waals surface area contributed by atoms with Crippen LogP contribution in [0.2, 0.25) is 0 Å². The van der Waals surface area contributed by atoms with Gasteiger partial charge in [0.15, 0.2) is 0 Å². The van der Waals surface area contributed by atoms with Crippen molar-refractivity contribution < 1.29 is 5.11 Å². The van der Waals surface area contributed by atoms with Crippen molar-refractivity contribution in [1.82, 2.24) is 0 Å². The van der Waals surface area contributed by atoms with Crippen LogP contribution in [0.15, 0.2) is 30.3 Å². The summed E-state index contributed by atoms with van der Waals surface area (Å²) in [5, 5.41) is 10.2. The molecule has 0 saturated carbocycles. The second kappa shape index (κ2) is 3.93. The van der Waals surface area contributed by atoms with Gasteiger partial charge < -0.3 is 5.11 Å². The molecule has 0 radical (unpaired) electrons. The Morgan fingerprint density at radius 3 is 2.23 bits per heavy atom. The average Bonchev–Trinajstić information content (AvgIpc) is 2.04. The minimum Gasteiger partial charge on any atom is -0.385 e. The van der Waals surface area contributed by atoms with Gasteiger partial charge in [-0.15, -0.1) is 0 Å². The van der Waals surface area contributed by atoms with Crippen molar-refractivity contribution in [2.45, 2.75) is 32.8 Å². The highest BCUT2D eigenvalue weighted by Crippen LogP contribution is 2.27. The Kier molecular flexibility index (Phi) is 3.10. The first kappa shape index (κ1) is 10.3. The van der Waals surface area contributed by atoms with Crippen LogP contribution in [-0.4, -0.2) is 5.11 Å². The van der Waals surface area contributed by atoms with Crippen LogP contribution in [0.3, 0.4) is 0 Å². The lowest BCUT2D eigenvalue weighted by atomic mass is 9.88. The molecule has 72 valence electrons. The molecule has 0 fully saturated rings. The molecule has 1 N–H and O–H groups in total. The Labute approximate surface area is 80.4 Å². The van der Waals surface area contributed by atoms with Gasteiger partial charge in [0.1, 0.15) is 0 Å². The van der Waals surface area contributed by atoms with Gasteiger partial charge in [-0.05, 0) is 24.8 Å². The Bertz CT molecular complexity index is 249. The van der Waals surface area contributed by atoms with Crippen molar-refractivity contribution in [3.63, 3.8) is 0 Å². The van der Waals surface area contributed by atoms with Gasteiger partial charge in [0.2, 0.25) is 0 Å². The smallest absolute Gasteiger partial charge is 0.0871 e. The molecule has 0 heterocycles. The Morgan fingerprint density at radius 2 is 1.77 bits per heavy atom. The quantitative estimate of drug-likeness (QED) is 0.754. The lowest BCUT2D eigenvalue weighted by Gasteiger charge is -2.25. The van der Waals surface area contributed by atoms with E-state index in [0.29, 0.717) is 5.92 Å². The number of hydrogen-bond acceptors (Lipinski definition) is 1. The first-order valence-corrected chi connectivity index (χ1v) is 4.80. The molecule has 1 atom stereocenters. The molecule has 0 bridgehead atoms. The van der Waals surface area contributed by atoms with Crippen molar-refractivity contribution in [2.75, 3.05) is 0 Å². The fourth-order valence-corrected chi connectivity index (χ4v) is 1.71. The Morgan fingerprint density at radius 1 is 1.23 bits per heavy atom. The molecule has 0 aliphatic carbocycles. The molecule has 1 unspecified atom stereocenters. The lowest BCUT2D eigenvalue weighted by Crippen LogP contribution is -2.23. The molecule has 1 heteroatoms. The molecular weight excluding hydrogens is 160 g/mol. The summed E-state index contributed by atoms with van der Waals surface area (Å²) in [7, 11) is 0. The van der Waals surface area contributed by atoms with Gasteiger partial charge in [0, 0.05) is 0 Å². The van der Waals surface area contributed by atoms with Gasteiger partial charge in [0.25, 0.3) is 0 Å². The van der Waals surface area contributed by atoms with Gasteiger partial charge >= 0.3 is 0 Å². The van der Waals surface area contributed by atoms with Crippen molar-refractivity contribution in [1.29, 1.82) is 0 Å². The third-order valence-corrected chi connectivity index (χ3v) is 2.20. The summed E-state index contributed by atoms with van der Waals surface area (Å²) in [5.74, 6) is 0.509. The van der Waals surface area contributed by atoms with E-state index in [4.69, 9.17) is 0 Å². The highest BCUT2D eigenvalue weighted by atomic mass is 16.3. The molecule has 13 heavy (non-hydrogen) atoms. The number of hydrogen-bond donors (Lipinski definition) is 1. The maximum atomic E-state index is 10.2. The Balaban J connectivity index is 2.81. The largest absolute Gasteiger partial charge is 0.385 e. The van der Waals surface area contributed by atoms with E-state index < -0.39 is 5.60 Å². The molecule has 1 aromatic carbocycles. The summed E-state index contributed by atoms with van der Waals surface area (Å²) in [6.45, 7) is 6.12. The lowest BCUT2D eigenvalue weighted by molar-refractivity contribution is 0.0349. The van der Waals surface area contributed by atoms with Gasteiger partial charge in [-0.1, -0.05) is 44.2 Å². The maximum Gasteiger partial charge on any atom is 0.0871 e. The standard InChI is InChI=1S/C12H18O/c1-10(2)9-12(3,13)11-7-5-4-6-8-11/h4-8,10,13H,9H2,1-3H3. The summed E-state index contributed by atoms with van der Waals surface area (Å²) in [6, 6.07) is 9.84. The summed E-state index contributed by atoms with van der Waals surface area (Å²) in [4.78, 5) is 0. The fourth-order valence-electron chi connectivity index (χ4n) is 1.71. The van der Waals surface area contributed by atoms with E-state index in [1.807, 2.05) is 37.3 Å².